The summed E-state index contributed by atoms with van der Waals surface area (Å²) in [5, 5.41) is 10.4. The lowest BCUT2D eigenvalue weighted by molar-refractivity contribution is 0.102. The highest BCUT2D eigenvalue weighted by molar-refractivity contribution is 6.07. The monoisotopic (exact) mass is 287 g/mol. The second-order valence-corrected chi connectivity index (χ2v) is 4.65. The van der Waals surface area contributed by atoms with Crippen LogP contribution in [0.15, 0.2) is 24.5 Å². The second-order valence-electron chi connectivity index (χ2n) is 4.65. The third kappa shape index (κ3) is 2.67. The number of anilines is 2. The summed E-state index contributed by atoms with van der Waals surface area (Å²) in [4.78, 5) is 16.5. The Labute approximate surface area is 122 Å². The Kier molecular flexibility index (Phi) is 3.72. The van der Waals surface area contributed by atoms with E-state index >= 15 is 0 Å². The van der Waals surface area contributed by atoms with Crippen molar-refractivity contribution in [3.63, 3.8) is 0 Å². The number of carbonyl (C=O) groups excluding carboxylic acids is 1. The zero-order chi connectivity index (χ0) is 14.7. The van der Waals surface area contributed by atoms with Gasteiger partial charge in [-0.25, -0.2) is 9.67 Å². The number of amides is 1. The van der Waals surface area contributed by atoms with Crippen molar-refractivity contribution < 1.29 is 9.53 Å². The molecule has 0 saturated carbocycles. The number of rotatable bonds is 4. The van der Waals surface area contributed by atoms with Gasteiger partial charge in [0.15, 0.2) is 0 Å². The van der Waals surface area contributed by atoms with Gasteiger partial charge in [-0.05, 0) is 25.5 Å². The first-order valence-corrected chi connectivity index (χ1v) is 6.98. The minimum absolute atomic E-state index is 0.255. The summed E-state index contributed by atoms with van der Waals surface area (Å²) in [5.41, 5.74) is 1.08. The van der Waals surface area contributed by atoms with Crippen LogP contribution in [0.4, 0.5) is 11.5 Å². The van der Waals surface area contributed by atoms with Gasteiger partial charge in [-0.15, -0.1) is 0 Å². The van der Waals surface area contributed by atoms with Crippen molar-refractivity contribution in [1.82, 2.24) is 14.8 Å². The lowest BCUT2D eigenvalue weighted by Crippen LogP contribution is -2.20. The van der Waals surface area contributed by atoms with E-state index in [-0.39, 0.29) is 5.91 Å². The van der Waals surface area contributed by atoms with Gasteiger partial charge in [-0.3, -0.25) is 4.79 Å². The molecule has 2 N–H and O–H groups in total. The van der Waals surface area contributed by atoms with Crippen molar-refractivity contribution in [3.8, 4) is 5.88 Å². The fraction of sp³-hybridized carbons (Fsp3) is 0.357. The highest BCUT2D eigenvalue weighted by Gasteiger charge is 2.19. The van der Waals surface area contributed by atoms with Gasteiger partial charge < -0.3 is 15.4 Å². The Morgan fingerprint density at radius 1 is 1.57 bits per heavy atom. The van der Waals surface area contributed by atoms with E-state index in [0.717, 1.165) is 25.3 Å². The average molecular weight is 287 g/mol. The Bertz CT molecular complexity index is 653. The number of fused-ring (bicyclic) bond motifs is 1. The average Bonchev–Trinajstić information content (AvgIpc) is 2.91. The molecule has 0 bridgehead atoms. The van der Waals surface area contributed by atoms with E-state index in [0.29, 0.717) is 23.7 Å². The molecule has 0 aliphatic carbocycles. The lowest BCUT2D eigenvalue weighted by Gasteiger charge is -2.17. The molecule has 2 aromatic heterocycles. The van der Waals surface area contributed by atoms with Crippen LogP contribution in [0.2, 0.25) is 0 Å². The van der Waals surface area contributed by atoms with Crippen LogP contribution in [0.5, 0.6) is 5.88 Å². The van der Waals surface area contributed by atoms with Crippen LogP contribution in [-0.2, 0) is 6.54 Å². The van der Waals surface area contributed by atoms with Crippen molar-refractivity contribution in [2.45, 2.75) is 19.9 Å². The SMILES string of the molecule is CCOc1ncccc1C(=O)Nc1cnn2c1NCCC2. The number of hydrogen-bond donors (Lipinski definition) is 2. The van der Waals surface area contributed by atoms with Gasteiger partial charge in [-0.2, -0.15) is 5.10 Å². The molecule has 0 spiro atoms. The number of ether oxygens (including phenoxy) is 1. The van der Waals surface area contributed by atoms with Crippen LogP contribution >= 0.6 is 0 Å². The van der Waals surface area contributed by atoms with E-state index in [1.54, 1.807) is 24.5 Å². The highest BCUT2D eigenvalue weighted by Crippen LogP contribution is 2.25. The van der Waals surface area contributed by atoms with E-state index in [1.165, 1.54) is 0 Å². The van der Waals surface area contributed by atoms with Gasteiger partial charge in [-0.1, -0.05) is 0 Å². The van der Waals surface area contributed by atoms with Gasteiger partial charge in [0, 0.05) is 19.3 Å². The van der Waals surface area contributed by atoms with Crippen LogP contribution in [0.1, 0.15) is 23.7 Å². The minimum atomic E-state index is -0.255. The van der Waals surface area contributed by atoms with Gasteiger partial charge in [0.25, 0.3) is 5.91 Å². The molecule has 3 heterocycles. The number of pyridine rings is 1. The van der Waals surface area contributed by atoms with Crippen LogP contribution in [-0.4, -0.2) is 33.8 Å². The smallest absolute Gasteiger partial charge is 0.261 e. The standard InChI is InChI=1S/C14H17N5O2/c1-2-21-14-10(5-3-6-16-14)13(20)18-11-9-17-19-8-4-7-15-12(11)19/h3,5-6,9,15H,2,4,7-8H2,1H3,(H,18,20). The number of aryl methyl sites for hydroxylation is 1. The number of aromatic nitrogens is 3. The van der Waals surface area contributed by atoms with Crippen LogP contribution in [0.3, 0.4) is 0 Å². The highest BCUT2D eigenvalue weighted by atomic mass is 16.5. The summed E-state index contributed by atoms with van der Waals surface area (Å²) in [7, 11) is 0. The van der Waals surface area contributed by atoms with Gasteiger partial charge in [0.05, 0.1) is 12.8 Å². The fourth-order valence-electron chi connectivity index (χ4n) is 2.27. The van der Waals surface area contributed by atoms with Crippen molar-refractivity contribution in [2.24, 2.45) is 0 Å². The first-order chi connectivity index (χ1) is 10.3. The van der Waals surface area contributed by atoms with E-state index in [4.69, 9.17) is 4.74 Å². The molecule has 7 heteroatoms. The van der Waals surface area contributed by atoms with Gasteiger partial charge >= 0.3 is 0 Å². The first kappa shape index (κ1) is 13.4. The van der Waals surface area contributed by atoms with Crippen molar-refractivity contribution in [3.05, 3.63) is 30.1 Å². The molecule has 0 atom stereocenters. The van der Waals surface area contributed by atoms with E-state index in [2.05, 4.69) is 20.7 Å². The van der Waals surface area contributed by atoms with E-state index < -0.39 is 0 Å². The number of carbonyl (C=O) groups is 1. The Hall–Kier alpha value is -2.57. The maximum atomic E-state index is 12.4. The normalized spacial score (nSPS) is 13.2. The molecule has 2 aromatic rings. The second kappa shape index (κ2) is 5.82. The molecule has 1 aliphatic rings. The number of hydrogen-bond acceptors (Lipinski definition) is 5. The third-order valence-electron chi connectivity index (χ3n) is 3.22. The molecular formula is C14H17N5O2. The molecule has 0 saturated heterocycles. The molecule has 1 amide bonds. The third-order valence-corrected chi connectivity index (χ3v) is 3.22. The molecule has 110 valence electrons. The first-order valence-electron chi connectivity index (χ1n) is 6.98. The maximum absolute atomic E-state index is 12.4. The molecule has 0 fully saturated rings. The quantitative estimate of drug-likeness (QED) is 0.895. The number of nitrogens with zero attached hydrogens (tertiary/aromatic N) is 3. The summed E-state index contributed by atoms with van der Waals surface area (Å²) >= 11 is 0. The predicted octanol–water partition coefficient (Wildman–Crippen LogP) is 1.74. The molecule has 21 heavy (non-hydrogen) atoms. The zero-order valence-electron chi connectivity index (χ0n) is 11.8. The summed E-state index contributed by atoms with van der Waals surface area (Å²) in [6.07, 6.45) is 4.28. The van der Waals surface area contributed by atoms with Crippen molar-refractivity contribution >= 4 is 17.4 Å². The minimum Gasteiger partial charge on any atom is -0.477 e. The fourth-order valence-corrected chi connectivity index (χ4v) is 2.27. The molecule has 7 nitrogen and oxygen atoms in total. The predicted molar refractivity (Wildman–Crippen MR) is 78.7 cm³/mol. The Balaban J connectivity index is 1.82. The summed E-state index contributed by atoms with van der Waals surface area (Å²) in [6.45, 7) is 4.05. The summed E-state index contributed by atoms with van der Waals surface area (Å²) in [6, 6.07) is 3.40. The zero-order valence-corrected chi connectivity index (χ0v) is 11.8. The number of nitrogens with one attached hydrogen (secondary N) is 2. The van der Waals surface area contributed by atoms with Crippen molar-refractivity contribution in [1.29, 1.82) is 0 Å². The van der Waals surface area contributed by atoms with Crippen molar-refractivity contribution in [2.75, 3.05) is 23.8 Å². The van der Waals surface area contributed by atoms with Crippen LogP contribution < -0.4 is 15.4 Å². The van der Waals surface area contributed by atoms with Crippen LogP contribution in [0, 0.1) is 0 Å². The maximum Gasteiger partial charge on any atom is 0.261 e. The molecule has 0 aromatic carbocycles. The molecule has 0 unspecified atom stereocenters. The Morgan fingerprint density at radius 2 is 2.48 bits per heavy atom. The summed E-state index contributed by atoms with van der Waals surface area (Å²) in [5.74, 6) is 0.928. The molecule has 1 aliphatic heterocycles. The lowest BCUT2D eigenvalue weighted by atomic mass is 10.2. The Morgan fingerprint density at radius 3 is 3.33 bits per heavy atom. The van der Waals surface area contributed by atoms with Crippen LogP contribution in [0.25, 0.3) is 0 Å². The van der Waals surface area contributed by atoms with Gasteiger partial charge in [0.2, 0.25) is 5.88 Å². The summed E-state index contributed by atoms with van der Waals surface area (Å²) < 4.78 is 7.23. The van der Waals surface area contributed by atoms with E-state index in [9.17, 15) is 4.79 Å². The molecular weight excluding hydrogens is 270 g/mol. The van der Waals surface area contributed by atoms with Gasteiger partial charge in [0.1, 0.15) is 17.1 Å². The van der Waals surface area contributed by atoms with E-state index in [1.807, 2.05) is 11.6 Å². The molecule has 3 rings (SSSR count). The topological polar surface area (TPSA) is 81.1 Å². The molecule has 0 radical (unpaired) electrons. The largest absolute Gasteiger partial charge is 0.477 e.